The number of methoxy groups -OCH3 is 1. The minimum Gasteiger partial charge on any atom is -0.378 e. The highest BCUT2D eigenvalue weighted by Gasteiger charge is 2.35. The highest BCUT2D eigenvalue weighted by Crippen LogP contribution is 2.21. The number of hydrogen-bond donors (Lipinski definition) is 3. The lowest BCUT2D eigenvalue weighted by atomic mass is 10.0. The molecule has 1 rings (SSSR count). The zero-order chi connectivity index (χ0) is 14.3. The lowest BCUT2D eigenvalue weighted by Crippen LogP contribution is -2.52. The molecule has 0 spiro atoms. The van der Waals surface area contributed by atoms with Crippen molar-refractivity contribution >= 4 is 11.9 Å². The van der Waals surface area contributed by atoms with Gasteiger partial charge in [0.25, 0.3) is 0 Å². The second-order valence-corrected chi connectivity index (χ2v) is 4.64. The molecule has 1 aliphatic rings. The van der Waals surface area contributed by atoms with Crippen LogP contribution in [0.25, 0.3) is 0 Å². The molecule has 19 heavy (non-hydrogen) atoms. The number of rotatable bonds is 6. The molecule has 0 aromatic carbocycles. The van der Waals surface area contributed by atoms with E-state index in [1.165, 1.54) is 0 Å². The van der Waals surface area contributed by atoms with Gasteiger partial charge in [0, 0.05) is 33.2 Å². The first-order valence-corrected chi connectivity index (χ1v) is 6.48. The van der Waals surface area contributed by atoms with Crippen LogP contribution in [0.2, 0.25) is 0 Å². The fourth-order valence-electron chi connectivity index (χ4n) is 1.82. The zero-order valence-electron chi connectivity index (χ0n) is 11.7. The summed E-state index contributed by atoms with van der Waals surface area (Å²) in [4.78, 5) is 22.9. The maximum Gasteiger partial charge on any atom is 0.321 e. The number of hydrogen-bond acceptors (Lipinski definition) is 5. The Labute approximate surface area is 113 Å². The molecule has 0 aromatic rings. The van der Waals surface area contributed by atoms with Crippen LogP contribution < -0.4 is 16.0 Å². The molecule has 0 aliphatic carbocycles. The van der Waals surface area contributed by atoms with Crippen molar-refractivity contribution in [3.63, 3.8) is 0 Å². The SMILES string of the molecule is CCNC(=O)NC(=O)C(C)NCC1(OC)CCOC1. The Bertz CT molecular complexity index is 316. The molecule has 1 heterocycles. The van der Waals surface area contributed by atoms with Crippen LogP contribution in [0, 0.1) is 0 Å². The molecule has 1 saturated heterocycles. The van der Waals surface area contributed by atoms with Gasteiger partial charge in [0.05, 0.1) is 12.6 Å². The van der Waals surface area contributed by atoms with Gasteiger partial charge < -0.3 is 20.1 Å². The van der Waals surface area contributed by atoms with Crippen molar-refractivity contribution < 1.29 is 19.1 Å². The molecule has 7 nitrogen and oxygen atoms in total. The molecule has 0 saturated carbocycles. The summed E-state index contributed by atoms with van der Waals surface area (Å²) in [5, 5.41) is 7.83. The summed E-state index contributed by atoms with van der Waals surface area (Å²) in [6.45, 7) is 5.65. The maximum absolute atomic E-state index is 11.7. The van der Waals surface area contributed by atoms with Crippen LogP contribution in [0.5, 0.6) is 0 Å². The Balaban J connectivity index is 2.35. The van der Waals surface area contributed by atoms with E-state index in [4.69, 9.17) is 9.47 Å². The summed E-state index contributed by atoms with van der Waals surface area (Å²) in [5.74, 6) is -0.365. The summed E-state index contributed by atoms with van der Waals surface area (Å²) in [7, 11) is 1.63. The number of imide groups is 1. The zero-order valence-corrected chi connectivity index (χ0v) is 11.7. The smallest absolute Gasteiger partial charge is 0.321 e. The summed E-state index contributed by atoms with van der Waals surface area (Å²) < 4.78 is 10.8. The Morgan fingerprint density at radius 1 is 1.47 bits per heavy atom. The van der Waals surface area contributed by atoms with Crippen LogP contribution in [-0.2, 0) is 14.3 Å². The minimum absolute atomic E-state index is 0.365. The van der Waals surface area contributed by atoms with Gasteiger partial charge in [-0.3, -0.25) is 10.1 Å². The van der Waals surface area contributed by atoms with Gasteiger partial charge in [-0.15, -0.1) is 0 Å². The minimum atomic E-state index is -0.480. The first-order chi connectivity index (χ1) is 9.03. The van der Waals surface area contributed by atoms with Crippen LogP contribution in [-0.4, -0.2) is 57.0 Å². The van der Waals surface area contributed by atoms with Gasteiger partial charge in [-0.05, 0) is 13.8 Å². The van der Waals surface area contributed by atoms with Crippen LogP contribution in [0.1, 0.15) is 20.3 Å². The van der Waals surface area contributed by atoms with Gasteiger partial charge in [-0.2, -0.15) is 0 Å². The molecule has 7 heteroatoms. The fraction of sp³-hybridized carbons (Fsp3) is 0.833. The molecular formula is C12H23N3O4. The molecule has 2 atom stereocenters. The van der Waals surface area contributed by atoms with Crippen molar-refractivity contribution in [1.82, 2.24) is 16.0 Å². The summed E-state index contributed by atoms with van der Waals surface area (Å²) in [6.07, 6.45) is 0.793. The van der Waals surface area contributed by atoms with Crippen molar-refractivity contribution in [2.75, 3.05) is 33.4 Å². The van der Waals surface area contributed by atoms with Gasteiger partial charge in [0.15, 0.2) is 0 Å². The van der Waals surface area contributed by atoms with Crippen molar-refractivity contribution in [3.05, 3.63) is 0 Å². The third-order valence-corrected chi connectivity index (χ3v) is 3.20. The van der Waals surface area contributed by atoms with Gasteiger partial charge in [-0.1, -0.05) is 0 Å². The molecule has 110 valence electrons. The van der Waals surface area contributed by atoms with E-state index in [1.807, 2.05) is 0 Å². The molecule has 0 aromatic heterocycles. The van der Waals surface area contributed by atoms with Gasteiger partial charge in [0.2, 0.25) is 5.91 Å². The average Bonchev–Trinajstić information content (AvgIpc) is 2.85. The number of urea groups is 1. The number of ether oxygens (including phenoxy) is 2. The predicted octanol–water partition coefficient (Wildman–Crippen LogP) is -0.384. The third-order valence-electron chi connectivity index (χ3n) is 3.20. The summed E-state index contributed by atoms with van der Waals surface area (Å²) in [5.41, 5.74) is -0.375. The van der Waals surface area contributed by atoms with E-state index in [0.717, 1.165) is 6.42 Å². The average molecular weight is 273 g/mol. The molecular weight excluding hydrogens is 250 g/mol. The van der Waals surface area contributed by atoms with Crippen molar-refractivity contribution in [1.29, 1.82) is 0 Å². The molecule has 1 aliphatic heterocycles. The Morgan fingerprint density at radius 2 is 2.21 bits per heavy atom. The Morgan fingerprint density at radius 3 is 2.74 bits per heavy atom. The van der Waals surface area contributed by atoms with E-state index < -0.39 is 12.1 Å². The number of carbonyl (C=O) groups excluding carboxylic acids is 2. The highest BCUT2D eigenvalue weighted by molar-refractivity contribution is 5.96. The number of nitrogens with one attached hydrogen (secondary N) is 3. The molecule has 0 bridgehead atoms. The van der Waals surface area contributed by atoms with Crippen molar-refractivity contribution in [2.24, 2.45) is 0 Å². The van der Waals surface area contributed by atoms with E-state index in [9.17, 15) is 9.59 Å². The highest BCUT2D eigenvalue weighted by atomic mass is 16.5. The normalized spacial score (nSPS) is 23.9. The standard InChI is InChI=1S/C12H23N3O4/c1-4-13-11(17)15-10(16)9(2)14-7-12(18-3)5-6-19-8-12/h9,14H,4-8H2,1-3H3,(H2,13,15,16,17). The topological polar surface area (TPSA) is 88.7 Å². The molecule has 0 radical (unpaired) electrons. The summed E-state index contributed by atoms with van der Waals surface area (Å²) in [6, 6.07) is -0.956. The molecule has 3 N–H and O–H groups in total. The second kappa shape index (κ2) is 7.42. The fourth-order valence-corrected chi connectivity index (χ4v) is 1.82. The number of amides is 3. The summed E-state index contributed by atoms with van der Waals surface area (Å²) >= 11 is 0. The van der Waals surface area contributed by atoms with E-state index in [-0.39, 0.29) is 11.5 Å². The quantitative estimate of drug-likeness (QED) is 0.614. The maximum atomic E-state index is 11.7. The van der Waals surface area contributed by atoms with Crippen LogP contribution in [0.15, 0.2) is 0 Å². The molecule has 2 unspecified atom stereocenters. The van der Waals surface area contributed by atoms with E-state index >= 15 is 0 Å². The van der Waals surface area contributed by atoms with E-state index in [1.54, 1.807) is 21.0 Å². The second-order valence-electron chi connectivity index (χ2n) is 4.64. The van der Waals surface area contributed by atoms with Crippen molar-refractivity contribution in [3.8, 4) is 0 Å². The van der Waals surface area contributed by atoms with Crippen LogP contribution in [0.4, 0.5) is 4.79 Å². The molecule has 3 amide bonds. The first kappa shape index (κ1) is 15.9. The third kappa shape index (κ3) is 4.77. The van der Waals surface area contributed by atoms with E-state index in [0.29, 0.717) is 26.3 Å². The monoisotopic (exact) mass is 273 g/mol. The largest absolute Gasteiger partial charge is 0.378 e. The molecule has 1 fully saturated rings. The van der Waals surface area contributed by atoms with Crippen LogP contribution >= 0.6 is 0 Å². The predicted molar refractivity (Wildman–Crippen MR) is 69.9 cm³/mol. The van der Waals surface area contributed by atoms with Crippen molar-refractivity contribution in [2.45, 2.75) is 31.9 Å². The lowest BCUT2D eigenvalue weighted by Gasteiger charge is -2.27. The van der Waals surface area contributed by atoms with Gasteiger partial charge >= 0.3 is 6.03 Å². The lowest BCUT2D eigenvalue weighted by molar-refractivity contribution is -0.122. The first-order valence-electron chi connectivity index (χ1n) is 6.48. The Kier molecular flexibility index (Phi) is 6.20. The van der Waals surface area contributed by atoms with Gasteiger partial charge in [-0.25, -0.2) is 4.79 Å². The van der Waals surface area contributed by atoms with E-state index in [2.05, 4.69) is 16.0 Å². The van der Waals surface area contributed by atoms with Crippen LogP contribution in [0.3, 0.4) is 0 Å². The number of carbonyl (C=O) groups is 2. The Hall–Kier alpha value is -1.18. The van der Waals surface area contributed by atoms with Gasteiger partial charge in [0.1, 0.15) is 5.60 Å².